The molecule has 0 aliphatic heterocycles. The van der Waals surface area contributed by atoms with Gasteiger partial charge < -0.3 is 10.2 Å². The molecule has 0 spiro atoms. The van der Waals surface area contributed by atoms with Crippen molar-refractivity contribution < 1.29 is 10.2 Å². The topological polar surface area (TPSA) is 40.5 Å². The van der Waals surface area contributed by atoms with Crippen LogP contribution in [-0.4, -0.2) is 21.9 Å². The second kappa shape index (κ2) is 13.4. The van der Waals surface area contributed by atoms with Crippen molar-refractivity contribution in [2.75, 3.05) is 0 Å². The van der Waals surface area contributed by atoms with Crippen molar-refractivity contribution in [3.63, 3.8) is 0 Å². The maximum atomic E-state index is 10.7. The lowest BCUT2D eigenvalue weighted by atomic mass is 9.57. The largest absolute Gasteiger partial charge is 0.390 e. The molecule has 0 amide bonds. The number of hydrogen-bond acceptors (Lipinski definition) is 2. The van der Waals surface area contributed by atoms with E-state index < -0.39 is 5.60 Å². The van der Waals surface area contributed by atoms with Crippen LogP contribution in [0.3, 0.4) is 0 Å². The first-order valence-electron chi connectivity index (χ1n) is 14.5. The standard InChI is InChI=1S/C32H56O2/c1-8-9-10-11-15-29-20-18-27(23-30(29)33)17-19-28-16-13-22-32(7,26(28)4)25(3)24(2)14-12-21-31(5,6)34/h15,17,19,24-26,30,33-34H,8-14,16,18,20-23H2,1-7H3/b27-17-,28-19+,29-15+. The first-order chi connectivity index (χ1) is 16.0. The Balaban J connectivity index is 1.98. The van der Waals surface area contributed by atoms with Gasteiger partial charge >= 0.3 is 0 Å². The fraction of sp³-hybridized carbons (Fsp3) is 0.812. The predicted octanol–water partition coefficient (Wildman–Crippen LogP) is 8.93. The van der Waals surface area contributed by atoms with Crippen LogP contribution >= 0.6 is 0 Å². The van der Waals surface area contributed by atoms with Crippen LogP contribution in [0.4, 0.5) is 0 Å². The van der Waals surface area contributed by atoms with Crippen molar-refractivity contribution in [3.8, 4) is 0 Å². The minimum Gasteiger partial charge on any atom is -0.390 e. The van der Waals surface area contributed by atoms with Crippen LogP contribution in [0.15, 0.2) is 34.9 Å². The molecule has 0 aromatic heterocycles. The van der Waals surface area contributed by atoms with Crippen molar-refractivity contribution in [2.24, 2.45) is 23.2 Å². The van der Waals surface area contributed by atoms with Crippen LogP contribution in [0.2, 0.25) is 0 Å². The number of aliphatic hydroxyl groups is 2. The molecule has 2 rings (SSSR count). The number of allylic oxidation sites excluding steroid dienone is 4. The molecule has 2 aliphatic rings. The number of unbranched alkanes of at least 4 members (excludes halogenated alkanes) is 3. The minimum atomic E-state index is -0.549. The zero-order valence-electron chi connectivity index (χ0n) is 23.6. The van der Waals surface area contributed by atoms with E-state index in [0.717, 1.165) is 38.5 Å². The first-order valence-corrected chi connectivity index (χ1v) is 14.5. The molecule has 0 saturated heterocycles. The maximum absolute atomic E-state index is 10.7. The normalized spacial score (nSPS) is 31.9. The van der Waals surface area contributed by atoms with E-state index in [0.29, 0.717) is 23.2 Å². The molecule has 5 unspecified atom stereocenters. The quantitative estimate of drug-likeness (QED) is 0.233. The van der Waals surface area contributed by atoms with Crippen molar-refractivity contribution in [2.45, 2.75) is 144 Å². The summed E-state index contributed by atoms with van der Waals surface area (Å²) >= 11 is 0. The summed E-state index contributed by atoms with van der Waals surface area (Å²) in [5.41, 5.74) is 4.07. The summed E-state index contributed by atoms with van der Waals surface area (Å²) in [6.45, 7) is 16.0. The maximum Gasteiger partial charge on any atom is 0.0787 e. The lowest BCUT2D eigenvalue weighted by Crippen LogP contribution is -2.39. The summed E-state index contributed by atoms with van der Waals surface area (Å²) in [5.74, 6) is 1.92. The van der Waals surface area contributed by atoms with Crippen molar-refractivity contribution in [1.82, 2.24) is 0 Å². The van der Waals surface area contributed by atoms with Crippen molar-refractivity contribution in [1.29, 1.82) is 0 Å². The molecule has 2 nitrogen and oxygen atoms in total. The van der Waals surface area contributed by atoms with E-state index >= 15 is 0 Å². The smallest absolute Gasteiger partial charge is 0.0787 e. The Kier molecular flexibility index (Phi) is 11.6. The molecule has 196 valence electrons. The Labute approximate surface area is 212 Å². The molecular weight excluding hydrogens is 416 g/mol. The summed E-state index contributed by atoms with van der Waals surface area (Å²) in [7, 11) is 0. The zero-order chi connectivity index (χ0) is 25.4. The molecule has 34 heavy (non-hydrogen) atoms. The van der Waals surface area contributed by atoms with Crippen molar-refractivity contribution >= 4 is 0 Å². The molecule has 5 atom stereocenters. The fourth-order valence-corrected chi connectivity index (χ4v) is 6.39. The monoisotopic (exact) mass is 472 g/mol. The van der Waals surface area contributed by atoms with Crippen molar-refractivity contribution in [3.05, 3.63) is 34.9 Å². The van der Waals surface area contributed by atoms with E-state index in [9.17, 15) is 10.2 Å². The highest BCUT2D eigenvalue weighted by Gasteiger charge is 2.42. The summed E-state index contributed by atoms with van der Waals surface area (Å²) in [6.07, 6.45) is 21.6. The van der Waals surface area contributed by atoms with E-state index in [2.05, 4.69) is 52.8 Å². The van der Waals surface area contributed by atoms with Gasteiger partial charge in [-0.25, -0.2) is 0 Å². The number of aliphatic hydroxyl groups excluding tert-OH is 1. The molecule has 0 aromatic carbocycles. The fourth-order valence-electron chi connectivity index (χ4n) is 6.39. The number of hydrogen-bond donors (Lipinski definition) is 2. The molecule has 2 N–H and O–H groups in total. The highest BCUT2D eigenvalue weighted by molar-refractivity contribution is 5.27. The second-order valence-corrected chi connectivity index (χ2v) is 12.6. The van der Waals surface area contributed by atoms with Crippen LogP contribution in [0.5, 0.6) is 0 Å². The average molecular weight is 473 g/mol. The summed E-state index contributed by atoms with van der Waals surface area (Å²) < 4.78 is 0. The SMILES string of the molecule is CCCCC/C=C1\CC/C(=C/C=C2\CCCC(C)(C(C)C(C)CCCC(C)(C)O)C2C)CC1O. The highest BCUT2D eigenvalue weighted by atomic mass is 16.3. The van der Waals surface area contributed by atoms with Gasteiger partial charge in [-0.1, -0.05) is 89.7 Å². The van der Waals surface area contributed by atoms with E-state index in [1.807, 2.05) is 13.8 Å². The summed E-state index contributed by atoms with van der Waals surface area (Å²) in [4.78, 5) is 0. The lowest BCUT2D eigenvalue weighted by molar-refractivity contribution is 0.0470. The molecule has 2 saturated carbocycles. The first kappa shape index (κ1) is 29.4. The van der Waals surface area contributed by atoms with Crippen LogP contribution in [-0.2, 0) is 0 Å². The molecule has 0 bridgehead atoms. The Bertz CT molecular complexity index is 707. The van der Waals surface area contributed by atoms with Crippen LogP contribution < -0.4 is 0 Å². The van der Waals surface area contributed by atoms with Gasteiger partial charge in [-0.2, -0.15) is 0 Å². The molecule has 2 fully saturated rings. The molecule has 0 radical (unpaired) electrons. The molecule has 0 heterocycles. The Morgan fingerprint density at radius 1 is 1.06 bits per heavy atom. The highest BCUT2D eigenvalue weighted by Crippen LogP contribution is 2.51. The summed E-state index contributed by atoms with van der Waals surface area (Å²) in [5, 5.41) is 20.7. The Morgan fingerprint density at radius 3 is 2.44 bits per heavy atom. The van der Waals surface area contributed by atoms with E-state index in [4.69, 9.17) is 0 Å². The van der Waals surface area contributed by atoms with Gasteiger partial charge in [0.25, 0.3) is 0 Å². The van der Waals surface area contributed by atoms with Gasteiger partial charge in [-0.15, -0.1) is 0 Å². The van der Waals surface area contributed by atoms with Gasteiger partial charge in [0, 0.05) is 0 Å². The Morgan fingerprint density at radius 2 is 1.79 bits per heavy atom. The third-order valence-corrected chi connectivity index (χ3v) is 9.43. The van der Waals surface area contributed by atoms with Gasteiger partial charge in [0.05, 0.1) is 11.7 Å². The third kappa shape index (κ3) is 8.66. The van der Waals surface area contributed by atoms with Crippen LogP contribution in [0.25, 0.3) is 0 Å². The Hall–Kier alpha value is -0.860. The van der Waals surface area contributed by atoms with Gasteiger partial charge in [0.2, 0.25) is 0 Å². The summed E-state index contributed by atoms with van der Waals surface area (Å²) in [6, 6.07) is 0. The minimum absolute atomic E-state index is 0.279. The predicted molar refractivity (Wildman–Crippen MR) is 148 cm³/mol. The van der Waals surface area contributed by atoms with Gasteiger partial charge in [0.15, 0.2) is 0 Å². The third-order valence-electron chi connectivity index (χ3n) is 9.43. The zero-order valence-corrected chi connectivity index (χ0v) is 23.6. The van der Waals surface area contributed by atoms with E-state index in [-0.39, 0.29) is 6.10 Å². The van der Waals surface area contributed by atoms with Gasteiger partial charge in [-0.3, -0.25) is 0 Å². The van der Waals surface area contributed by atoms with E-state index in [1.165, 1.54) is 56.1 Å². The van der Waals surface area contributed by atoms with Crippen LogP contribution in [0.1, 0.15) is 132 Å². The van der Waals surface area contributed by atoms with Gasteiger partial charge in [0.1, 0.15) is 0 Å². The van der Waals surface area contributed by atoms with E-state index in [1.54, 1.807) is 5.57 Å². The van der Waals surface area contributed by atoms with Gasteiger partial charge in [-0.05, 0) is 100 Å². The molecule has 2 aliphatic carbocycles. The lowest BCUT2D eigenvalue weighted by Gasteiger charge is -2.48. The second-order valence-electron chi connectivity index (χ2n) is 12.6. The molecular formula is C32H56O2. The molecule has 2 heteroatoms. The average Bonchev–Trinajstić information content (AvgIpc) is 2.77. The molecule has 0 aromatic rings. The van der Waals surface area contributed by atoms with Crippen LogP contribution in [0, 0.1) is 23.2 Å². The number of rotatable bonds is 11.